The Balaban J connectivity index is 1.67. The number of nitrogens with zero attached hydrogens (tertiary/aromatic N) is 3. The fraction of sp³-hybridized carbons (Fsp3) is 0.471. The van der Waals surface area contributed by atoms with E-state index in [1.165, 1.54) is 0 Å². The van der Waals surface area contributed by atoms with Crippen LogP contribution >= 0.6 is 0 Å². The molecule has 1 atom stereocenters. The molecular weight excluding hydrogens is 306 g/mol. The van der Waals surface area contributed by atoms with Crippen LogP contribution in [0.25, 0.3) is 0 Å². The number of H-pyrrole nitrogens is 1. The van der Waals surface area contributed by atoms with Gasteiger partial charge in [-0.3, -0.25) is 14.8 Å². The van der Waals surface area contributed by atoms with Crippen molar-refractivity contribution in [3.8, 4) is 0 Å². The van der Waals surface area contributed by atoms with E-state index in [0.29, 0.717) is 12.2 Å². The van der Waals surface area contributed by atoms with Gasteiger partial charge in [0.1, 0.15) is 6.10 Å². The van der Waals surface area contributed by atoms with Gasteiger partial charge in [-0.05, 0) is 17.7 Å². The summed E-state index contributed by atoms with van der Waals surface area (Å²) < 4.78 is 5.84. The van der Waals surface area contributed by atoms with Gasteiger partial charge in [-0.2, -0.15) is 5.10 Å². The third-order valence-corrected chi connectivity index (χ3v) is 4.11. The number of rotatable bonds is 5. The van der Waals surface area contributed by atoms with Crippen LogP contribution in [0.4, 0.5) is 0 Å². The smallest absolute Gasteiger partial charge is 0.248 e. The first-order valence-corrected chi connectivity index (χ1v) is 8.18. The van der Waals surface area contributed by atoms with Crippen LogP contribution < -0.4 is 5.73 Å². The number of carbonyl (C=O) groups is 1. The number of ether oxygens (including phenoxy) is 1. The van der Waals surface area contributed by atoms with Gasteiger partial charge in [-0.1, -0.05) is 26.0 Å². The largest absolute Gasteiger partial charge is 0.368 e. The topological polar surface area (TPSA) is 97.1 Å². The molecule has 0 radical (unpaired) electrons. The molecule has 3 N–H and O–H groups in total. The summed E-state index contributed by atoms with van der Waals surface area (Å²) in [5.74, 6) is 1.46. The molecule has 1 aliphatic rings. The van der Waals surface area contributed by atoms with E-state index in [-0.39, 0.29) is 12.0 Å². The van der Waals surface area contributed by atoms with Gasteiger partial charge >= 0.3 is 0 Å². The number of nitrogens with two attached hydrogens (primary N) is 1. The zero-order valence-corrected chi connectivity index (χ0v) is 14.0. The lowest BCUT2D eigenvalue weighted by molar-refractivity contribution is -0.0370. The number of benzene rings is 1. The summed E-state index contributed by atoms with van der Waals surface area (Å²) in [6.45, 7) is 7.07. The molecule has 0 saturated carbocycles. The molecule has 1 saturated heterocycles. The predicted molar refractivity (Wildman–Crippen MR) is 89.4 cm³/mol. The number of hydrogen-bond acceptors (Lipinski definition) is 5. The van der Waals surface area contributed by atoms with Gasteiger partial charge in [0, 0.05) is 31.1 Å². The van der Waals surface area contributed by atoms with Gasteiger partial charge in [0.25, 0.3) is 0 Å². The van der Waals surface area contributed by atoms with Crippen molar-refractivity contribution in [2.75, 3.05) is 19.7 Å². The summed E-state index contributed by atoms with van der Waals surface area (Å²) in [4.78, 5) is 18.1. The summed E-state index contributed by atoms with van der Waals surface area (Å²) in [6, 6.07) is 7.44. The molecule has 0 aliphatic carbocycles. The number of aromatic nitrogens is 3. The van der Waals surface area contributed by atoms with Crippen molar-refractivity contribution in [2.45, 2.75) is 32.4 Å². The number of hydrogen-bond donors (Lipinski definition) is 2. The average Bonchev–Trinajstić information content (AvgIpc) is 3.06. The maximum absolute atomic E-state index is 11.3. The molecule has 1 aliphatic heterocycles. The normalized spacial score (nSPS) is 18.9. The Bertz CT molecular complexity index is 713. The highest BCUT2D eigenvalue weighted by atomic mass is 16.5. The highest BCUT2D eigenvalue weighted by Crippen LogP contribution is 2.22. The second kappa shape index (κ2) is 7.11. The van der Waals surface area contributed by atoms with Crippen LogP contribution in [0.1, 0.15) is 53.4 Å². The zero-order valence-electron chi connectivity index (χ0n) is 14.0. The van der Waals surface area contributed by atoms with E-state index in [1.54, 1.807) is 6.07 Å². The standard InChI is InChI=1S/C17H23N5O2/c1-11(2)16-19-17(21-20-16)14-10-22(6-7-24-14)9-12-4-3-5-13(8-12)15(18)23/h3-5,8,11,14H,6-7,9-10H2,1-2H3,(H2,18,23)(H,19,20,21). The minimum Gasteiger partial charge on any atom is -0.368 e. The highest BCUT2D eigenvalue weighted by molar-refractivity contribution is 5.92. The van der Waals surface area contributed by atoms with Crippen molar-refractivity contribution in [1.82, 2.24) is 20.1 Å². The Kier molecular flexibility index (Phi) is 4.92. The van der Waals surface area contributed by atoms with Gasteiger partial charge in [-0.15, -0.1) is 0 Å². The summed E-state index contributed by atoms with van der Waals surface area (Å²) in [6.07, 6.45) is -0.113. The predicted octanol–water partition coefficient (Wildman–Crippen LogP) is 1.60. The molecule has 0 spiro atoms. The van der Waals surface area contributed by atoms with Gasteiger partial charge < -0.3 is 10.5 Å². The van der Waals surface area contributed by atoms with Crippen LogP contribution in [0, 0.1) is 0 Å². The molecular formula is C17H23N5O2. The first-order valence-electron chi connectivity index (χ1n) is 8.18. The summed E-state index contributed by atoms with van der Waals surface area (Å²) in [7, 11) is 0. The Morgan fingerprint density at radius 1 is 1.50 bits per heavy atom. The van der Waals surface area contributed by atoms with E-state index >= 15 is 0 Å². The average molecular weight is 329 g/mol. The molecule has 2 heterocycles. The van der Waals surface area contributed by atoms with Crippen LogP contribution in [-0.4, -0.2) is 45.7 Å². The summed E-state index contributed by atoms with van der Waals surface area (Å²) in [5.41, 5.74) is 6.95. The Labute approximate surface area is 141 Å². The van der Waals surface area contributed by atoms with Crippen molar-refractivity contribution in [1.29, 1.82) is 0 Å². The van der Waals surface area contributed by atoms with E-state index in [0.717, 1.165) is 36.8 Å². The second-order valence-corrected chi connectivity index (χ2v) is 6.39. The van der Waals surface area contributed by atoms with E-state index < -0.39 is 5.91 Å². The lowest BCUT2D eigenvalue weighted by Gasteiger charge is -2.31. The molecule has 1 aromatic heterocycles. The van der Waals surface area contributed by atoms with Crippen LogP contribution in [0.5, 0.6) is 0 Å². The van der Waals surface area contributed by atoms with Gasteiger partial charge in [0.05, 0.1) is 6.61 Å². The number of nitrogens with one attached hydrogen (secondary N) is 1. The van der Waals surface area contributed by atoms with Crippen LogP contribution in [0.15, 0.2) is 24.3 Å². The van der Waals surface area contributed by atoms with Gasteiger partial charge in [-0.25, -0.2) is 4.98 Å². The van der Waals surface area contributed by atoms with Crippen molar-refractivity contribution in [3.05, 3.63) is 47.0 Å². The van der Waals surface area contributed by atoms with Crippen molar-refractivity contribution in [3.63, 3.8) is 0 Å². The molecule has 128 valence electrons. The van der Waals surface area contributed by atoms with Gasteiger partial charge in [0.15, 0.2) is 11.6 Å². The minimum absolute atomic E-state index is 0.113. The van der Waals surface area contributed by atoms with Crippen LogP contribution in [0.3, 0.4) is 0 Å². The summed E-state index contributed by atoms with van der Waals surface area (Å²) >= 11 is 0. The molecule has 1 aromatic carbocycles. The third kappa shape index (κ3) is 3.80. The molecule has 24 heavy (non-hydrogen) atoms. The zero-order chi connectivity index (χ0) is 17.1. The van der Waals surface area contributed by atoms with Crippen LogP contribution in [-0.2, 0) is 11.3 Å². The fourth-order valence-electron chi connectivity index (χ4n) is 2.78. The molecule has 7 heteroatoms. The molecule has 1 unspecified atom stereocenters. The Morgan fingerprint density at radius 2 is 2.33 bits per heavy atom. The van der Waals surface area contributed by atoms with Crippen LogP contribution in [0.2, 0.25) is 0 Å². The van der Waals surface area contributed by atoms with E-state index in [1.807, 2.05) is 18.2 Å². The summed E-state index contributed by atoms with van der Waals surface area (Å²) in [5, 5.41) is 7.24. The first kappa shape index (κ1) is 16.6. The maximum Gasteiger partial charge on any atom is 0.248 e. The number of amides is 1. The third-order valence-electron chi connectivity index (χ3n) is 4.11. The molecule has 1 fully saturated rings. The lowest BCUT2D eigenvalue weighted by Crippen LogP contribution is -2.38. The quantitative estimate of drug-likeness (QED) is 0.868. The first-order chi connectivity index (χ1) is 11.5. The second-order valence-electron chi connectivity index (χ2n) is 6.39. The Hall–Kier alpha value is -2.25. The highest BCUT2D eigenvalue weighted by Gasteiger charge is 2.25. The number of primary amides is 1. The minimum atomic E-state index is -0.403. The monoisotopic (exact) mass is 329 g/mol. The Morgan fingerprint density at radius 3 is 3.04 bits per heavy atom. The van der Waals surface area contributed by atoms with Gasteiger partial charge in [0.2, 0.25) is 5.91 Å². The molecule has 7 nitrogen and oxygen atoms in total. The lowest BCUT2D eigenvalue weighted by atomic mass is 10.1. The SMILES string of the molecule is CC(C)c1n[nH]c(C2CN(Cc3cccc(C(N)=O)c3)CCO2)n1. The van der Waals surface area contributed by atoms with E-state index in [9.17, 15) is 4.79 Å². The molecule has 3 rings (SSSR count). The van der Waals surface area contributed by atoms with Crippen molar-refractivity contribution < 1.29 is 9.53 Å². The fourth-order valence-corrected chi connectivity index (χ4v) is 2.78. The van der Waals surface area contributed by atoms with E-state index in [2.05, 4.69) is 33.9 Å². The molecule has 0 bridgehead atoms. The van der Waals surface area contributed by atoms with E-state index in [4.69, 9.17) is 10.5 Å². The number of morpholine rings is 1. The molecule has 1 amide bonds. The maximum atomic E-state index is 11.3. The van der Waals surface area contributed by atoms with Crippen molar-refractivity contribution in [2.24, 2.45) is 5.73 Å². The number of aromatic amines is 1. The number of carbonyl (C=O) groups excluding carboxylic acids is 1. The molecule has 2 aromatic rings. The van der Waals surface area contributed by atoms with Crippen molar-refractivity contribution >= 4 is 5.91 Å².